The number of ether oxygens (including phenoxy) is 2. The Labute approximate surface area is 292 Å². The van der Waals surface area contributed by atoms with E-state index in [0.29, 0.717) is 0 Å². The summed E-state index contributed by atoms with van der Waals surface area (Å²) in [4.78, 5) is 49.8. The largest absolute Gasteiger partial charge is 0.445 e. The molecule has 2 saturated heterocycles. The Balaban J connectivity index is 1.30. The van der Waals surface area contributed by atoms with Gasteiger partial charge in [0.25, 0.3) is 5.92 Å². The number of amides is 3. The summed E-state index contributed by atoms with van der Waals surface area (Å²) in [5.41, 5.74) is -1.61. The van der Waals surface area contributed by atoms with Gasteiger partial charge in [-0.15, -0.1) is 0 Å². The van der Waals surface area contributed by atoms with Gasteiger partial charge in [-0.2, -0.15) is 0 Å². The van der Waals surface area contributed by atoms with Crippen LogP contribution in [0, 0.1) is 11.7 Å². The van der Waals surface area contributed by atoms with Gasteiger partial charge in [-0.3, -0.25) is 4.79 Å². The number of fused-ring (bicyclic) bond motifs is 1. The average Bonchev–Trinajstić information content (AvgIpc) is 3.50. The van der Waals surface area contributed by atoms with Crippen LogP contribution in [0.25, 0.3) is 11.0 Å². The van der Waals surface area contributed by atoms with Crippen molar-refractivity contribution in [3.05, 3.63) is 65.2 Å². The molecule has 3 fully saturated rings. The van der Waals surface area contributed by atoms with Crippen molar-refractivity contribution in [2.24, 2.45) is 5.92 Å². The molecule has 3 heterocycles. The zero-order valence-corrected chi connectivity index (χ0v) is 28.7. The number of imidazole rings is 1. The van der Waals surface area contributed by atoms with Gasteiger partial charge in [0.05, 0.1) is 30.1 Å². The molecule has 1 aliphatic carbocycles. The first-order valence-electron chi connectivity index (χ1n) is 17.1. The summed E-state index contributed by atoms with van der Waals surface area (Å²) < 4.78 is 83.8. The molecule has 0 spiro atoms. The van der Waals surface area contributed by atoms with Crippen LogP contribution in [-0.4, -0.2) is 81.5 Å². The summed E-state index contributed by atoms with van der Waals surface area (Å²) in [6.45, 7) is 3.54. The molecule has 15 heteroatoms. The number of rotatable bonds is 7. The number of carbonyl (C=O) groups is 3. The third-order valence-corrected chi connectivity index (χ3v) is 9.95. The number of benzene rings is 2. The van der Waals surface area contributed by atoms with Crippen LogP contribution in [0.1, 0.15) is 82.3 Å². The van der Waals surface area contributed by atoms with Gasteiger partial charge < -0.3 is 29.6 Å². The van der Waals surface area contributed by atoms with Crippen molar-refractivity contribution in [1.82, 2.24) is 25.1 Å². The van der Waals surface area contributed by atoms with Crippen LogP contribution in [0.4, 0.5) is 31.5 Å². The van der Waals surface area contributed by atoms with E-state index in [1.165, 1.54) is 17.0 Å². The van der Waals surface area contributed by atoms with E-state index in [9.17, 15) is 31.9 Å². The van der Waals surface area contributed by atoms with Crippen LogP contribution in [-0.2, 0) is 26.3 Å². The summed E-state index contributed by atoms with van der Waals surface area (Å²) in [6.07, 6.45) is -2.19. The first-order valence-corrected chi connectivity index (χ1v) is 17.1. The highest BCUT2D eigenvalue weighted by Crippen LogP contribution is 2.44. The van der Waals surface area contributed by atoms with Crippen LogP contribution in [0.5, 0.6) is 0 Å². The number of aromatic nitrogens is 2. The van der Waals surface area contributed by atoms with Crippen LogP contribution >= 0.6 is 0 Å². The predicted molar refractivity (Wildman–Crippen MR) is 176 cm³/mol. The molecule has 2 aliphatic heterocycles. The number of aromatic amines is 1. The van der Waals surface area contributed by atoms with Gasteiger partial charge in [-0.25, -0.2) is 36.5 Å². The van der Waals surface area contributed by atoms with E-state index in [1.807, 2.05) is 6.07 Å². The van der Waals surface area contributed by atoms with Crippen molar-refractivity contribution in [3.8, 4) is 0 Å². The first-order chi connectivity index (χ1) is 24.0. The van der Waals surface area contributed by atoms with Gasteiger partial charge in [-0.05, 0) is 64.0 Å². The highest BCUT2D eigenvalue weighted by atomic mass is 19.3. The fourth-order valence-corrected chi connectivity index (χ4v) is 7.23. The second-order valence-corrected chi connectivity index (χ2v) is 14.9. The zero-order valence-electron chi connectivity index (χ0n) is 28.7. The molecular weight excluding hydrogens is 677 g/mol. The zero-order chi connectivity index (χ0) is 36.8. The molecule has 10 nitrogen and oxygen atoms in total. The topological polar surface area (TPSA) is 117 Å². The number of nitrogens with one attached hydrogen (secondary N) is 2. The predicted octanol–water partition coefficient (Wildman–Crippen LogP) is 7.24. The lowest BCUT2D eigenvalue weighted by atomic mass is 9.70. The number of hydrogen-bond donors (Lipinski definition) is 2. The number of alkyl halides is 4. The van der Waals surface area contributed by atoms with Crippen molar-refractivity contribution in [2.75, 3.05) is 26.2 Å². The van der Waals surface area contributed by atoms with Crippen molar-refractivity contribution in [3.63, 3.8) is 0 Å². The number of hydrogen-bond acceptors (Lipinski definition) is 6. The molecule has 0 radical (unpaired) electrons. The van der Waals surface area contributed by atoms with Crippen LogP contribution in [0.3, 0.4) is 0 Å². The van der Waals surface area contributed by atoms with Crippen molar-refractivity contribution >= 4 is 29.1 Å². The van der Waals surface area contributed by atoms with Crippen LogP contribution in [0.15, 0.2) is 42.5 Å². The SMILES string of the molecule is CC(C)(C)OC(=O)N1CCC(C(=O)N2CC(F)(F)C2)(c2ccc3[nH]c(C(NC(=O)OCc4ccccc4)C4CCC(F)(F)CC4)nc3c2F)CC1. The molecule has 6 rings (SSSR count). The smallest absolute Gasteiger partial charge is 0.410 e. The molecule has 2 N–H and O–H groups in total. The number of nitrogens with zero attached hydrogens (tertiary/aromatic N) is 3. The second-order valence-electron chi connectivity index (χ2n) is 14.9. The number of piperidine rings is 1. The van der Waals surface area contributed by atoms with E-state index in [1.54, 1.807) is 45.0 Å². The van der Waals surface area contributed by atoms with Gasteiger partial charge in [0.2, 0.25) is 11.8 Å². The quantitative estimate of drug-likeness (QED) is 0.249. The minimum Gasteiger partial charge on any atom is -0.445 e. The fourth-order valence-electron chi connectivity index (χ4n) is 7.23. The lowest BCUT2D eigenvalue weighted by Crippen LogP contribution is -2.64. The van der Waals surface area contributed by atoms with Gasteiger partial charge in [-0.1, -0.05) is 36.4 Å². The van der Waals surface area contributed by atoms with E-state index >= 15 is 4.39 Å². The Morgan fingerprint density at radius 3 is 2.20 bits per heavy atom. The lowest BCUT2D eigenvalue weighted by Gasteiger charge is -2.47. The van der Waals surface area contributed by atoms with Gasteiger partial charge >= 0.3 is 12.2 Å². The summed E-state index contributed by atoms with van der Waals surface area (Å²) >= 11 is 0. The van der Waals surface area contributed by atoms with Crippen molar-refractivity contribution in [2.45, 2.75) is 94.8 Å². The highest BCUT2D eigenvalue weighted by Gasteiger charge is 2.54. The molecule has 276 valence electrons. The maximum Gasteiger partial charge on any atom is 0.410 e. The Bertz CT molecular complexity index is 1750. The second kappa shape index (κ2) is 13.6. The van der Waals surface area contributed by atoms with Gasteiger partial charge in [0, 0.05) is 31.5 Å². The highest BCUT2D eigenvalue weighted by molar-refractivity contribution is 5.91. The summed E-state index contributed by atoms with van der Waals surface area (Å²) in [5.74, 6) is -7.78. The molecule has 3 aliphatic rings. The fraction of sp³-hybridized carbons (Fsp3) is 0.556. The molecule has 1 saturated carbocycles. The Hall–Kier alpha value is -4.43. The molecule has 2 aromatic carbocycles. The standard InChI is InChI=1S/C36H42F5N5O5/c1-33(2,3)51-32(49)45-17-15-34(16-18-45,30(47)46-20-36(40,41)21-46)24-9-10-25-28(26(24)37)43-29(42-25)27(23-11-13-35(38,39)14-12-23)44-31(48)50-19-22-7-5-4-6-8-22/h4-10,23,27H,11-21H2,1-3H3,(H,42,43)(H,44,48). The normalized spacial score (nSPS) is 20.7. The van der Waals surface area contributed by atoms with Gasteiger partial charge in [0.1, 0.15) is 23.5 Å². The minimum atomic E-state index is -3.05. The van der Waals surface area contributed by atoms with E-state index < -0.39 is 84.7 Å². The Morgan fingerprint density at radius 1 is 0.941 bits per heavy atom. The molecule has 1 aromatic heterocycles. The third kappa shape index (κ3) is 7.91. The monoisotopic (exact) mass is 719 g/mol. The van der Waals surface area contributed by atoms with Gasteiger partial charge in [0.15, 0.2) is 5.82 Å². The number of likely N-dealkylation sites (tertiary alicyclic amines) is 2. The van der Waals surface area contributed by atoms with E-state index in [4.69, 9.17) is 9.47 Å². The molecular formula is C36H42F5N5O5. The minimum absolute atomic E-state index is 0.0115. The Morgan fingerprint density at radius 2 is 1.59 bits per heavy atom. The number of carbonyl (C=O) groups excluding carboxylic acids is 3. The van der Waals surface area contributed by atoms with Crippen molar-refractivity contribution in [1.29, 1.82) is 0 Å². The number of H-pyrrole nitrogens is 1. The number of alkyl carbamates (subject to hydrolysis) is 1. The summed E-state index contributed by atoms with van der Waals surface area (Å²) in [6, 6.07) is 11.0. The maximum absolute atomic E-state index is 16.7. The number of halogens is 5. The molecule has 3 amide bonds. The molecule has 3 aromatic rings. The maximum atomic E-state index is 16.7. The van der Waals surface area contributed by atoms with E-state index in [-0.39, 0.29) is 67.8 Å². The van der Waals surface area contributed by atoms with E-state index in [2.05, 4.69) is 15.3 Å². The first kappa shape index (κ1) is 36.4. The van der Waals surface area contributed by atoms with E-state index in [0.717, 1.165) is 10.5 Å². The van der Waals surface area contributed by atoms with Crippen LogP contribution in [0.2, 0.25) is 0 Å². The van der Waals surface area contributed by atoms with Crippen LogP contribution < -0.4 is 5.32 Å². The molecule has 1 atom stereocenters. The summed E-state index contributed by atoms with van der Waals surface area (Å²) in [7, 11) is 0. The Kier molecular flexibility index (Phi) is 9.70. The molecule has 1 unspecified atom stereocenters. The summed E-state index contributed by atoms with van der Waals surface area (Å²) in [5, 5.41) is 2.75. The molecule has 0 bridgehead atoms. The van der Waals surface area contributed by atoms with Crippen molar-refractivity contribution < 1.29 is 45.8 Å². The third-order valence-electron chi connectivity index (χ3n) is 9.95. The molecule has 51 heavy (non-hydrogen) atoms. The average molecular weight is 720 g/mol. The lowest BCUT2D eigenvalue weighted by molar-refractivity contribution is -0.173.